The van der Waals surface area contributed by atoms with Crippen molar-refractivity contribution in [2.24, 2.45) is 0 Å². The Morgan fingerprint density at radius 1 is 0.905 bits per heavy atom. The number of aromatic nitrogens is 2. The van der Waals surface area contributed by atoms with Crippen LogP contribution in [0.1, 0.15) is 31.8 Å². The van der Waals surface area contributed by atoms with Crippen LogP contribution in [0.25, 0.3) is 20.7 Å². The largest absolute Gasteiger partial charge is 0.416 e. The number of nitrogens with one attached hydrogen (secondary N) is 2. The van der Waals surface area contributed by atoms with E-state index in [0.29, 0.717) is 24.2 Å². The zero-order valence-corrected chi connectivity index (χ0v) is 23.5. The van der Waals surface area contributed by atoms with Crippen LogP contribution in [0.4, 0.5) is 24.7 Å². The van der Waals surface area contributed by atoms with Crippen LogP contribution in [0.3, 0.4) is 0 Å². The second-order valence-electron chi connectivity index (χ2n) is 9.73. The number of carbonyl (C=O) groups excluding carboxylic acids is 2. The maximum Gasteiger partial charge on any atom is 0.416 e. The van der Waals surface area contributed by atoms with E-state index in [9.17, 15) is 22.8 Å². The number of carbonyl (C=O) groups is 2. The average Bonchev–Trinajstić information content (AvgIpc) is 3.43. The van der Waals surface area contributed by atoms with E-state index in [1.807, 2.05) is 42.5 Å². The fourth-order valence-corrected chi connectivity index (χ4v) is 5.36. The zero-order chi connectivity index (χ0) is 29.9. The van der Waals surface area contributed by atoms with Crippen molar-refractivity contribution in [3.8, 4) is 10.4 Å². The van der Waals surface area contributed by atoms with Crippen molar-refractivity contribution < 1.29 is 22.8 Å². The molecule has 11 heteroatoms. The van der Waals surface area contributed by atoms with Crippen molar-refractivity contribution in [3.05, 3.63) is 107 Å². The summed E-state index contributed by atoms with van der Waals surface area (Å²) in [5.41, 5.74) is 2.98. The number of hydrogen-bond acceptors (Lipinski definition) is 6. The Morgan fingerprint density at radius 2 is 1.64 bits per heavy atom. The number of anilines is 2. The number of alkyl halides is 3. The quantitative estimate of drug-likeness (QED) is 0.204. The molecule has 0 aliphatic heterocycles. The van der Waals surface area contributed by atoms with E-state index in [0.717, 1.165) is 44.2 Å². The van der Waals surface area contributed by atoms with Gasteiger partial charge in [-0.05, 0) is 66.1 Å². The Balaban J connectivity index is 1.20. The first-order valence-electron chi connectivity index (χ1n) is 13.0. The SMILES string of the molecule is CN(C)C(=O)c1ccc(-c2cc3ncnc(NCCc4ccc(NC(=O)c5cccc(C(F)(F)F)c5)cc4)c3s2)cc1. The second kappa shape index (κ2) is 12.0. The van der Waals surface area contributed by atoms with E-state index < -0.39 is 17.6 Å². The molecule has 42 heavy (non-hydrogen) atoms. The van der Waals surface area contributed by atoms with Gasteiger partial charge in [-0.15, -0.1) is 11.3 Å². The van der Waals surface area contributed by atoms with Crippen molar-refractivity contribution in [2.75, 3.05) is 31.3 Å². The third-order valence-corrected chi connectivity index (χ3v) is 7.68. The Hall–Kier alpha value is -4.77. The number of rotatable bonds is 8. The molecule has 3 aromatic carbocycles. The highest BCUT2D eigenvalue weighted by Crippen LogP contribution is 2.36. The molecule has 214 valence electrons. The van der Waals surface area contributed by atoms with E-state index in [-0.39, 0.29) is 11.5 Å². The first kappa shape index (κ1) is 28.7. The van der Waals surface area contributed by atoms with Gasteiger partial charge in [0, 0.05) is 42.3 Å². The smallest absolute Gasteiger partial charge is 0.368 e. The van der Waals surface area contributed by atoms with Gasteiger partial charge in [-0.1, -0.05) is 30.3 Å². The number of fused-ring (bicyclic) bond motifs is 1. The average molecular weight is 590 g/mol. The van der Waals surface area contributed by atoms with Crippen LogP contribution in [-0.2, 0) is 12.6 Å². The van der Waals surface area contributed by atoms with Gasteiger partial charge >= 0.3 is 6.18 Å². The number of nitrogens with zero attached hydrogens (tertiary/aromatic N) is 3. The fraction of sp³-hybridized carbons (Fsp3) is 0.161. The number of hydrogen-bond donors (Lipinski definition) is 2. The summed E-state index contributed by atoms with van der Waals surface area (Å²) in [6.45, 7) is 0.594. The van der Waals surface area contributed by atoms with E-state index in [2.05, 4.69) is 20.6 Å². The summed E-state index contributed by atoms with van der Waals surface area (Å²) in [7, 11) is 3.44. The van der Waals surface area contributed by atoms with Crippen molar-refractivity contribution in [1.29, 1.82) is 0 Å². The van der Waals surface area contributed by atoms with Crippen LogP contribution in [0.2, 0.25) is 0 Å². The molecule has 0 unspecified atom stereocenters. The lowest BCUT2D eigenvalue weighted by Gasteiger charge is -2.10. The molecule has 0 atom stereocenters. The number of halogens is 3. The third-order valence-electron chi connectivity index (χ3n) is 6.50. The summed E-state index contributed by atoms with van der Waals surface area (Å²) in [5.74, 6) is 0.0574. The summed E-state index contributed by atoms with van der Waals surface area (Å²) >= 11 is 1.57. The van der Waals surface area contributed by atoms with Crippen LogP contribution in [0.5, 0.6) is 0 Å². The molecule has 0 bridgehead atoms. The molecule has 0 saturated heterocycles. The Bertz CT molecular complexity index is 1730. The molecule has 0 aliphatic rings. The van der Waals surface area contributed by atoms with Crippen LogP contribution in [0, 0.1) is 0 Å². The van der Waals surface area contributed by atoms with Gasteiger partial charge in [0.15, 0.2) is 0 Å². The van der Waals surface area contributed by atoms with Gasteiger partial charge in [-0.3, -0.25) is 9.59 Å². The van der Waals surface area contributed by atoms with Crippen LogP contribution in [0.15, 0.2) is 85.2 Å². The highest BCUT2D eigenvalue weighted by molar-refractivity contribution is 7.22. The first-order chi connectivity index (χ1) is 20.1. The minimum atomic E-state index is -4.52. The molecule has 0 radical (unpaired) electrons. The Kier molecular flexibility index (Phi) is 8.21. The summed E-state index contributed by atoms with van der Waals surface area (Å²) in [6, 6.07) is 20.9. The molecule has 0 fully saturated rings. The standard InChI is InChI=1S/C31H26F3N5O2S/c1-39(2)30(41)21-10-8-20(9-11-21)26-17-25-27(42-26)28(37-18-36-25)35-15-14-19-6-12-24(13-7-19)38-29(40)22-4-3-5-23(16-22)31(32,33)34/h3-13,16-18H,14-15H2,1-2H3,(H,38,40)(H,35,36,37). The molecule has 2 amide bonds. The Labute approximate surface area is 244 Å². The number of thiophene rings is 1. The summed E-state index contributed by atoms with van der Waals surface area (Å²) < 4.78 is 39.8. The summed E-state index contributed by atoms with van der Waals surface area (Å²) in [4.78, 5) is 36.0. The molecule has 2 N–H and O–H groups in total. The lowest BCUT2D eigenvalue weighted by Crippen LogP contribution is -2.21. The normalized spacial score (nSPS) is 11.4. The predicted octanol–water partition coefficient (Wildman–Crippen LogP) is 6.99. The van der Waals surface area contributed by atoms with E-state index in [4.69, 9.17) is 0 Å². The van der Waals surface area contributed by atoms with E-state index in [1.165, 1.54) is 18.5 Å². The van der Waals surface area contributed by atoms with Gasteiger partial charge in [-0.25, -0.2) is 9.97 Å². The molecule has 5 rings (SSSR count). The predicted molar refractivity (Wildman–Crippen MR) is 159 cm³/mol. The van der Waals surface area contributed by atoms with Gasteiger partial charge in [0.25, 0.3) is 11.8 Å². The lowest BCUT2D eigenvalue weighted by atomic mass is 10.1. The van der Waals surface area contributed by atoms with Crippen LogP contribution < -0.4 is 10.6 Å². The van der Waals surface area contributed by atoms with Crippen molar-refractivity contribution in [2.45, 2.75) is 12.6 Å². The van der Waals surface area contributed by atoms with Gasteiger partial charge in [0.2, 0.25) is 0 Å². The zero-order valence-electron chi connectivity index (χ0n) is 22.7. The highest BCUT2D eigenvalue weighted by Gasteiger charge is 2.30. The van der Waals surface area contributed by atoms with Gasteiger partial charge in [-0.2, -0.15) is 13.2 Å². The van der Waals surface area contributed by atoms with Crippen LogP contribution in [-0.4, -0.2) is 47.3 Å². The monoisotopic (exact) mass is 589 g/mol. The maximum atomic E-state index is 13.0. The topological polar surface area (TPSA) is 87.2 Å². The summed E-state index contributed by atoms with van der Waals surface area (Å²) in [5, 5.41) is 6.01. The fourth-order valence-electron chi connectivity index (χ4n) is 4.28. The molecule has 2 aromatic heterocycles. The molecule has 0 aliphatic carbocycles. The molecule has 5 aromatic rings. The molecule has 0 spiro atoms. The van der Waals surface area contributed by atoms with E-state index >= 15 is 0 Å². The van der Waals surface area contributed by atoms with Crippen LogP contribution >= 0.6 is 11.3 Å². The van der Waals surface area contributed by atoms with Gasteiger partial charge < -0.3 is 15.5 Å². The van der Waals surface area contributed by atoms with Gasteiger partial charge in [0.05, 0.1) is 15.8 Å². The molecular weight excluding hydrogens is 563 g/mol. The molecule has 2 heterocycles. The second-order valence-corrected chi connectivity index (χ2v) is 10.8. The minimum Gasteiger partial charge on any atom is -0.368 e. The lowest BCUT2D eigenvalue weighted by molar-refractivity contribution is -0.137. The molecule has 0 saturated carbocycles. The number of amides is 2. The van der Waals surface area contributed by atoms with Crippen molar-refractivity contribution in [3.63, 3.8) is 0 Å². The van der Waals surface area contributed by atoms with Crippen molar-refractivity contribution in [1.82, 2.24) is 14.9 Å². The van der Waals surface area contributed by atoms with Crippen molar-refractivity contribution >= 4 is 44.9 Å². The molecular formula is C31H26F3N5O2S. The number of benzene rings is 3. The summed E-state index contributed by atoms with van der Waals surface area (Å²) in [6.07, 6.45) is -2.33. The molecule has 7 nitrogen and oxygen atoms in total. The maximum absolute atomic E-state index is 13.0. The first-order valence-corrected chi connectivity index (χ1v) is 13.8. The highest BCUT2D eigenvalue weighted by atomic mass is 32.1. The Morgan fingerprint density at radius 3 is 2.33 bits per heavy atom. The minimum absolute atomic E-state index is 0.0511. The van der Waals surface area contributed by atoms with E-state index in [1.54, 1.807) is 42.5 Å². The van der Waals surface area contributed by atoms with Gasteiger partial charge in [0.1, 0.15) is 12.1 Å². The third kappa shape index (κ3) is 6.58.